The van der Waals surface area contributed by atoms with Gasteiger partial charge >= 0.3 is 0 Å². The van der Waals surface area contributed by atoms with Crippen molar-refractivity contribution in [3.63, 3.8) is 0 Å². The summed E-state index contributed by atoms with van der Waals surface area (Å²) in [5.41, 5.74) is 3.10. The highest BCUT2D eigenvalue weighted by Crippen LogP contribution is 2.34. The minimum Gasteiger partial charge on any atom is -0.493 e. The Bertz CT molecular complexity index is 2250. The maximum Gasteiger partial charge on any atom is 0.291 e. The molecule has 258 valence electrons. The molecule has 0 unspecified atom stereocenters. The molecule has 2 N–H and O–H groups in total. The molecule has 0 bridgehead atoms. The number of carbonyl (C=O) groups is 3. The van der Waals surface area contributed by atoms with Crippen molar-refractivity contribution in [3.05, 3.63) is 142 Å². The van der Waals surface area contributed by atoms with Crippen LogP contribution in [-0.4, -0.2) is 59.5 Å². The summed E-state index contributed by atoms with van der Waals surface area (Å²) >= 11 is 0. The summed E-state index contributed by atoms with van der Waals surface area (Å²) in [5.74, 6) is -0.978. The number of ether oxygens (including phenoxy) is 2. The van der Waals surface area contributed by atoms with Crippen molar-refractivity contribution in [2.75, 3.05) is 37.9 Å². The molecule has 12 nitrogen and oxygen atoms in total. The van der Waals surface area contributed by atoms with E-state index >= 15 is 0 Å². The molecule has 0 aliphatic rings. The quantitative estimate of drug-likeness (QED) is 0.155. The van der Waals surface area contributed by atoms with E-state index in [0.717, 1.165) is 17.3 Å². The number of likely N-dealkylation sites (N-methyl/N-ethyl adjacent to an activating group) is 1. The Kier molecular flexibility index (Phi) is 10.2. The van der Waals surface area contributed by atoms with Crippen molar-refractivity contribution in [1.29, 1.82) is 0 Å². The van der Waals surface area contributed by atoms with Crippen LogP contribution < -0.4 is 25.5 Å². The minimum absolute atomic E-state index is 0.0564. The molecule has 0 radical (unpaired) electrons. The number of benzene rings is 4. The topological polar surface area (TPSA) is 145 Å². The molecule has 2 heterocycles. The van der Waals surface area contributed by atoms with Crippen molar-refractivity contribution in [1.82, 2.24) is 14.5 Å². The molecular weight excluding hydrogens is 650 g/mol. The second-order valence-electron chi connectivity index (χ2n) is 11.5. The molecule has 12 heteroatoms. The van der Waals surface area contributed by atoms with Crippen molar-refractivity contribution >= 4 is 40.1 Å². The first kappa shape index (κ1) is 34.2. The van der Waals surface area contributed by atoms with Gasteiger partial charge in [-0.15, -0.1) is 0 Å². The first-order valence-corrected chi connectivity index (χ1v) is 16.2. The van der Waals surface area contributed by atoms with Crippen molar-refractivity contribution in [2.45, 2.75) is 13.3 Å². The SMILES string of the molecule is CCN(CCc1ccc(NC(=O)c2cc(OC)c(OC)cc2NC(=O)c2cc(=O)c3ccccc3o2)cc1)C(=O)c1ccc(-n2ccnc2)cc1. The number of nitrogens with zero attached hydrogens (tertiary/aromatic N) is 3. The number of aromatic nitrogens is 2. The number of nitrogens with one attached hydrogen (secondary N) is 2. The Hall–Kier alpha value is -6.69. The number of carbonyl (C=O) groups excluding carboxylic acids is 3. The lowest BCUT2D eigenvalue weighted by molar-refractivity contribution is 0.0765. The number of anilines is 2. The van der Waals surface area contributed by atoms with Gasteiger partial charge in [0.05, 0.1) is 37.2 Å². The first-order valence-electron chi connectivity index (χ1n) is 16.2. The van der Waals surface area contributed by atoms with Crippen LogP contribution in [0.4, 0.5) is 11.4 Å². The van der Waals surface area contributed by atoms with Crippen LogP contribution in [-0.2, 0) is 6.42 Å². The maximum atomic E-state index is 13.6. The monoisotopic (exact) mass is 685 g/mol. The van der Waals surface area contributed by atoms with Gasteiger partial charge in [0.15, 0.2) is 22.7 Å². The number of methoxy groups -OCH3 is 2. The van der Waals surface area contributed by atoms with Crippen molar-refractivity contribution in [2.24, 2.45) is 0 Å². The molecule has 6 rings (SSSR count). The molecule has 3 amide bonds. The van der Waals surface area contributed by atoms with E-state index in [1.807, 2.05) is 54.1 Å². The summed E-state index contributed by atoms with van der Waals surface area (Å²) in [4.78, 5) is 58.6. The number of rotatable bonds is 12. The van der Waals surface area contributed by atoms with E-state index in [1.54, 1.807) is 53.8 Å². The third-order valence-electron chi connectivity index (χ3n) is 8.34. The summed E-state index contributed by atoms with van der Waals surface area (Å²) in [5, 5.41) is 5.88. The van der Waals surface area contributed by atoms with Crippen LogP contribution in [0.3, 0.4) is 0 Å². The van der Waals surface area contributed by atoms with Crippen molar-refractivity contribution < 1.29 is 28.3 Å². The van der Waals surface area contributed by atoms with Crippen LogP contribution in [0.1, 0.15) is 43.8 Å². The van der Waals surface area contributed by atoms with Crippen LogP contribution in [0.25, 0.3) is 16.7 Å². The fraction of sp³-hybridized carbons (Fsp3) is 0.154. The van der Waals surface area contributed by atoms with Gasteiger partial charge in [-0.2, -0.15) is 0 Å². The molecule has 4 aromatic carbocycles. The Labute approximate surface area is 293 Å². The summed E-state index contributed by atoms with van der Waals surface area (Å²) in [6, 6.07) is 25.3. The molecule has 0 saturated heterocycles. The normalized spacial score (nSPS) is 10.8. The van der Waals surface area contributed by atoms with Gasteiger partial charge in [0.1, 0.15) is 5.58 Å². The van der Waals surface area contributed by atoms with E-state index in [9.17, 15) is 19.2 Å². The van der Waals surface area contributed by atoms with Gasteiger partial charge in [0, 0.05) is 54.6 Å². The van der Waals surface area contributed by atoms with Gasteiger partial charge in [0.2, 0.25) is 0 Å². The summed E-state index contributed by atoms with van der Waals surface area (Å²) < 4.78 is 18.4. The van der Waals surface area contributed by atoms with Crippen LogP contribution in [0.5, 0.6) is 11.5 Å². The lowest BCUT2D eigenvalue weighted by Crippen LogP contribution is -2.32. The van der Waals surface area contributed by atoms with E-state index < -0.39 is 11.8 Å². The van der Waals surface area contributed by atoms with Gasteiger partial charge in [-0.3, -0.25) is 19.2 Å². The third-order valence-corrected chi connectivity index (χ3v) is 8.34. The summed E-state index contributed by atoms with van der Waals surface area (Å²) in [6.45, 7) is 3.00. The van der Waals surface area contributed by atoms with E-state index in [-0.39, 0.29) is 45.4 Å². The molecule has 0 aliphatic carbocycles. The summed E-state index contributed by atoms with van der Waals surface area (Å²) in [7, 11) is 2.87. The average molecular weight is 686 g/mol. The molecule has 0 fully saturated rings. The zero-order valence-electron chi connectivity index (χ0n) is 28.2. The zero-order valence-corrected chi connectivity index (χ0v) is 28.2. The van der Waals surface area contributed by atoms with Crippen molar-refractivity contribution in [3.8, 4) is 17.2 Å². The van der Waals surface area contributed by atoms with Crippen LogP contribution in [0.2, 0.25) is 0 Å². The molecule has 0 atom stereocenters. The van der Waals surface area contributed by atoms with E-state index in [1.165, 1.54) is 26.4 Å². The lowest BCUT2D eigenvalue weighted by atomic mass is 10.1. The third kappa shape index (κ3) is 7.65. The zero-order chi connectivity index (χ0) is 35.9. The highest BCUT2D eigenvalue weighted by atomic mass is 16.5. The second kappa shape index (κ2) is 15.2. The van der Waals surface area contributed by atoms with E-state index in [4.69, 9.17) is 13.9 Å². The highest BCUT2D eigenvalue weighted by molar-refractivity contribution is 6.12. The van der Waals surface area contributed by atoms with Gasteiger partial charge in [-0.05, 0) is 73.5 Å². The van der Waals surface area contributed by atoms with Gasteiger partial charge < -0.3 is 34.0 Å². The predicted octanol–water partition coefficient (Wildman–Crippen LogP) is 6.21. The average Bonchev–Trinajstić information content (AvgIpc) is 3.71. The number of para-hydroxylation sites is 1. The number of imidazole rings is 1. The molecule has 0 aliphatic heterocycles. The molecule has 0 spiro atoms. The fourth-order valence-electron chi connectivity index (χ4n) is 5.56. The smallest absolute Gasteiger partial charge is 0.291 e. The van der Waals surface area contributed by atoms with Crippen LogP contribution >= 0.6 is 0 Å². The fourth-order valence-corrected chi connectivity index (χ4v) is 5.56. The Morgan fingerprint density at radius 3 is 2.27 bits per heavy atom. The number of amides is 3. The summed E-state index contributed by atoms with van der Waals surface area (Å²) in [6.07, 6.45) is 5.86. The maximum absolute atomic E-state index is 13.6. The van der Waals surface area contributed by atoms with Gasteiger partial charge in [0.25, 0.3) is 17.7 Å². The Morgan fingerprint density at radius 1 is 0.863 bits per heavy atom. The lowest BCUT2D eigenvalue weighted by Gasteiger charge is -2.21. The van der Waals surface area contributed by atoms with E-state index in [2.05, 4.69) is 15.6 Å². The Balaban J connectivity index is 1.13. The van der Waals surface area contributed by atoms with Gasteiger partial charge in [-0.25, -0.2) is 4.98 Å². The first-order chi connectivity index (χ1) is 24.8. The van der Waals surface area contributed by atoms with Crippen LogP contribution in [0.15, 0.2) is 119 Å². The number of hydrogen-bond donors (Lipinski definition) is 2. The molecule has 0 saturated carbocycles. The van der Waals surface area contributed by atoms with E-state index in [0.29, 0.717) is 36.1 Å². The number of fused-ring (bicyclic) bond motifs is 1. The molecule has 2 aromatic heterocycles. The van der Waals surface area contributed by atoms with Gasteiger partial charge in [-0.1, -0.05) is 24.3 Å². The number of hydrogen-bond acceptors (Lipinski definition) is 8. The van der Waals surface area contributed by atoms with Crippen LogP contribution in [0, 0.1) is 0 Å². The standard InChI is InChI=1S/C39H35N5O7/c1-4-43(39(48)26-11-15-28(16-12-26)44-20-18-40-24-44)19-17-25-9-13-27(14-10-25)41-37(46)30-21-34(49-2)35(50-3)22-31(30)42-38(47)36-23-32(45)29-7-5-6-8-33(29)51-36/h5-16,18,20-24H,4,17,19H2,1-3H3,(H,41,46)(H,42,47). The predicted molar refractivity (Wildman–Crippen MR) is 193 cm³/mol. The molecule has 6 aromatic rings. The molecular formula is C39H35N5O7. The molecule has 51 heavy (non-hydrogen) atoms. The largest absolute Gasteiger partial charge is 0.493 e. The highest BCUT2D eigenvalue weighted by Gasteiger charge is 2.21. The Morgan fingerprint density at radius 2 is 1.59 bits per heavy atom. The second-order valence-corrected chi connectivity index (χ2v) is 11.5. The minimum atomic E-state index is -0.727.